The van der Waals surface area contributed by atoms with E-state index >= 15 is 0 Å². The highest BCUT2D eigenvalue weighted by atomic mass is 16.6. The van der Waals surface area contributed by atoms with Gasteiger partial charge in [0.1, 0.15) is 0 Å². The molecule has 0 unspecified atom stereocenters. The molecule has 0 aliphatic heterocycles. The number of nitrogens with zero attached hydrogens (tertiary/aromatic N) is 2. The van der Waals surface area contributed by atoms with Crippen LogP contribution in [-0.4, -0.2) is 10.6 Å². The average Bonchev–Trinajstić information content (AvgIpc) is 2.95. The normalized spacial score (nSPS) is 13.7. The molecule has 0 saturated carbocycles. The molecule has 26 heavy (non-hydrogen) atoms. The van der Waals surface area contributed by atoms with E-state index in [-0.39, 0.29) is 10.6 Å². The topological polar surface area (TPSA) is 55.5 Å². The van der Waals surface area contributed by atoms with Gasteiger partial charge in [0.25, 0.3) is 5.69 Å². The van der Waals surface area contributed by atoms with Gasteiger partial charge in [0.05, 0.1) is 16.3 Å². The maximum absolute atomic E-state index is 11.2. The van der Waals surface area contributed by atoms with Crippen molar-refractivity contribution in [3.05, 3.63) is 93.5 Å². The Kier molecular flexibility index (Phi) is 3.88. The Morgan fingerprint density at radius 1 is 0.846 bits per heavy atom. The predicted octanol–water partition coefficient (Wildman–Crippen LogP) is 5.87. The van der Waals surface area contributed by atoms with Crippen LogP contribution in [0.15, 0.2) is 71.7 Å². The zero-order valence-electron chi connectivity index (χ0n) is 14.6. The Balaban J connectivity index is 1.98. The Labute approximate surface area is 152 Å². The van der Waals surface area contributed by atoms with Gasteiger partial charge in [0, 0.05) is 23.3 Å². The molecule has 0 fully saturated rings. The molecule has 0 heterocycles. The highest BCUT2D eigenvalue weighted by molar-refractivity contribution is 6.25. The minimum Gasteiger partial charge on any atom is -0.258 e. The summed E-state index contributed by atoms with van der Waals surface area (Å²) in [6.07, 6.45) is 0. The molecule has 1 aliphatic rings. The summed E-state index contributed by atoms with van der Waals surface area (Å²) in [7, 11) is 0. The number of nitro benzene ring substituents is 1. The predicted molar refractivity (Wildman–Crippen MR) is 104 cm³/mol. The zero-order valence-corrected chi connectivity index (χ0v) is 14.6. The Bertz CT molecular complexity index is 1050. The maximum atomic E-state index is 11.2. The van der Waals surface area contributed by atoms with Gasteiger partial charge in [-0.2, -0.15) is 0 Å². The largest absolute Gasteiger partial charge is 0.270 e. The fourth-order valence-electron chi connectivity index (χ4n) is 3.46. The van der Waals surface area contributed by atoms with Gasteiger partial charge >= 0.3 is 0 Å². The lowest BCUT2D eigenvalue weighted by Crippen LogP contribution is -2.00. The van der Waals surface area contributed by atoms with E-state index in [9.17, 15) is 10.1 Å². The third-order valence-corrected chi connectivity index (χ3v) is 4.73. The van der Waals surface area contributed by atoms with Crippen molar-refractivity contribution >= 4 is 17.1 Å². The number of para-hydroxylation sites is 1. The first-order valence-corrected chi connectivity index (χ1v) is 8.62. The van der Waals surface area contributed by atoms with Gasteiger partial charge in [-0.25, -0.2) is 4.99 Å². The summed E-state index contributed by atoms with van der Waals surface area (Å²) >= 11 is 0. The van der Waals surface area contributed by atoms with Gasteiger partial charge in [-0.3, -0.25) is 10.1 Å². The maximum Gasteiger partial charge on any atom is 0.270 e. The van der Waals surface area contributed by atoms with Crippen LogP contribution in [0.1, 0.15) is 36.5 Å². The highest BCUT2D eigenvalue weighted by Crippen LogP contribution is 2.40. The summed E-state index contributed by atoms with van der Waals surface area (Å²) in [6.45, 7) is 4.28. The van der Waals surface area contributed by atoms with Crippen LogP contribution in [0.4, 0.5) is 11.4 Å². The van der Waals surface area contributed by atoms with E-state index < -0.39 is 0 Å². The van der Waals surface area contributed by atoms with Crippen LogP contribution >= 0.6 is 0 Å². The van der Waals surface area contributed by atoms with Gasteiger partial charge in [-0.05, 0) is 34.7 Å². The van der Waals surface area contributed by atoms with Crippen LogP contribution in [0.5, 0.6) is 0 Å². The Hall–Kier alpha value is -3.27. The van der Waals surface area contributed by atoms with E-state index in [1.807, 2.05) is 48.5 Å². The van der Waals surface area contributed by atoms with Crippen molar-refractivity contribution in [2.24, 2.45) is 4.99 Å². The smallest absolute Gasteiger partial charge is 0.258 e. The van der Waals surface area contributed by atoms with Crippen LogP contribution in [0.3, 0.4) is 0 Å². The molecule has 4 rings (SSSR count). The second kappa shape index (κ2) is 6.23. The lowest BCUT2D eigenvalue weighted by molar-refractivity contribution is -0.384. The van der Waals surface area contributed by atoms with Crippen LogP contribution in [0.2, 0.25) is 0 Å². The second-order valence-electron chi connectivity index (χ2n) is 6.71. The first-order valence-electron chi connectivity index (χ1n) is 8.62. The second-order valence-corrected chi connectivity index (χ2v) is 6.71. The summed E-state index contributed by atoms with van der Waals surface area (Å²) in [5.41, 5.74) is 6.85. The number of fused-ring (bicyclic) bond motifs is 3. The molecule has 128 valence electrons. The molecular weight excluding hydrogens is 324 g/mol. The molecule has 0 spiro atoms. The summed E-state index contributed by atoms with van der Waals surface area (Å²) < 4.78 is 0. The monoisotopic (exact) mass is 342 g/mol. The van der Waals surface area contributed by atoms with Crippen molar-refractivity contribution in [3.8, 4) is 11.1 Å². The van der Waals surface area contributed by atoms with Gasteiger partial charge in [-0.1, -0.05) is 56.3 Å². The molecule has 0 bridgehead atoms. The van der Waals surface area contributed by atoms with Crippen molar-refractivity contribution in [3.63, 3.8) is 0 Å². The molecule has 0 saturated heterocycles. The Morgan fingerprint density at radius 3 is 2.23 bits per heavy atom. The van der Waals surface area contributed by atoms with Crippen LogP contribution in [-0.2, 0) is 0 Å². The van der Waals surface area contributed by atoms with Crippen molar-refractivity contribution in [2.75, 3.05) is 0 Å². The molecule has 0 amide bonds. The number of benzene rings is 3. The van der Waals surface area contributed by atoms with E-state index in [1.165, 1.54) is 0 Å². The van der Waals surface area contributed by atoms with Gasteiger partial charge < -0.3 is 0 Å². The first kappa shape index (κ1) is 16.2. The standard InChI is InChI=1S/C22H18N2O2/c1-14(2)16-7-5-6-10-21(16)23-22-19-9-4-3-8-17(19)18-12-11-15(24(25)26)13-20(18)22/h3-14H,1-2H3. The molecule has 4 nitrogen and oxygen atoms in total. The molecular formula is C22H18N2O2. The minimum atomic E-state index is -0.358. The lowest BCUT2D eigenvalue weighted by Gasteiger charge is -2.10. The van der Waals surface area contributed by atoms with Crippen molar-refractivity contribution in [1.29, 1.82) is 0 Å². The molecule has 0 atom stereocenters. The Morgan fingerprint density at radius 2 is 1.50 bits per heavy atom. The summed E-state index contributed by atoms with van der Waals surface area (Å²) in [6, 6.07) is 21.1. The number of rotatable bonds is 3. The molecule has 0 aromatic heterocycles. The molecule has 1 aliphatic carbocycles. The number of non-ortho nitro benzene ring substituents is 1. The third kappa shape index (κ3) is 2.60. The average molecular weight is 342 g/mol. The number of aliphatic imine (C=N–C) groups is 1. The number of nitro groups is 1. The minimum absolute atomic E-state index is 0.0846. The fraction of sp³-hybridized carbons (Fsp3) is 0.136. The molecule has 0 radical (unpaired) electrons. The van der Waals surface area contributed by atoms with E-state index in [2.05, 4.69) is 19.9 Å². The van der Waals surface area contributed by atoms with E-state index in [4.69, 9.17) is 4.99 Å². The molecule has 0 N–H and O–H groups in total. The molecule has 3 aromatic rings. The van der Waals surface area contributed by atoms with E-state index in [0.29, 0.717) is 5.92 Å². The summed E-state index contributed by atoms with van der Waals surface area (Å²) in [5.74, 6) is 0.344. The van der Waals surface area contributed by atoms with Gasteiger partial charge in [0.15, 0.2) is 0 Å². The van der Waals surface area contributed by atoms with Crippen LogP contribution in [0.25, 0.3) is 11.1 Å². The highest BCUT2D eigenvalue weighted by Gasteiger charge is 2.27. The number of hydrogen-bond donors (Lipinski definition) is 0. The lowest BCUT2D eigenvalue weighted by atomic mass is 10.0. The summed E-state index contributed by atoms with van der Waals surface area (Å²) in [5, 5.41) is 11.2. The van der Waals surface area contributed by atoms with Gasteiger partial charge in [-0.15, -0.1) is 0 Å². The van der Waals surface area contributed by atoms with Crippen molar-refractivity contribution < 1.29 is 4.92 Å². The molecule has 4 heteroatoms. The van der Waals surface area contributed by atoms with Crippen molar-refractivity contribution in [2.45, 2.75) is 19.8 Å². The van der Waals surface area contributed by atoms with Gasteiger partial charge in [0.2, 0.25) is 0 Å². The quantitative estimate of drug-likeness (QED) is 0.345. The third-order valence-electron chi connectivity index (χ3n) is 4.73. The van der Waals surface area contributed by atoms with Crippen LogP contribution in [0, 0.1) is 10.1 Å². The molecule has 3 aromatic carbocycles. The SMILES string of the molecule is CC(C)c1ccccc1N=C1c2ccccc2-c2ccc([N+](=O)[O-])cc21. The van der Waals surface area contributed by atoms with E-state index in [0.717, 1.165) is 39.2 Å². The first-order chi connectivity index (χ1) is 12.6. The fourth-order valence-corrected chi connectivity index (χ4v) is 3.46. The summed E-state index contributed by atoms with van der Waals surface area (Å²) in [4.78, 5) is 15.8. The number of hydrogen-bond acceptors (Lipinski definition) is 3. The zero-order chi connectivity index (χ0) is 18.3. The van der Waals surface area contributed by atoms with Crippen LogP contribution < -0.4 is 0 Å². The van der Waals surface area contributed by atoms with E-state index in [1.54, 1.807) is 12.1 Å². The van der Waals surface area contributed by atoms with Crippen molar-refractivity contribution in [1.82, 2.24) is 0 Å².